The number of anilines is 1. The minimum atomic E-state index is -1.10. The Labute approximate surface area is 127 Å². The number of carbonyl (C=O) groups is 3. The highest BCUT2D eigenvalue weighted by Crippen LogP contribution is 2.12. The fourth-order valence-corrected chi connectivity index (χ4v) is 1.49. The van der Waals surface area contributed by atoms with Crippen LogP contribution < -0.4 is 15.8 Å². The number of rotatable bonds is 5. The van der Waals surface area contributed by atoms with Crippen molar-refractivity contribution >= 4 is 29.9 Å². The number of carbonyl (C=O) groups excluding carboxylic acids is 4. The number of amides is 3. The molecule has 1 aromatic carbocycles. The molecule has 1 rings (SSSR count). The third-order valence-corrected chi connectivity index (χ3v) is 2.70. The molecule has 0 heterocycles. The first-order valence-corrected chi connectivity index (χ1v) is 6.37. The Morgan fingerprint density at radius 1 is 1.27 bits per heavy atom. The van der Waals surface area contributed by atoms with Gasteiger partial charge in [-0.15, -0.1) is 0 Å². The largest absolute Gasteiger partial charge is 0.468 e. The van der Waals surface area contributed by atoms with Crippen LogP contribution in [0.5, 0.6) is 0 Å². The number of hydrogen-bond donors (Lipinski definition) is 2. The van der Waals surface area contributed by atoms with Gasteiger partial charge in [-0.1, -0.05) is 18.2 Å². The van der Waals surface area contributed by atoms with Crippen LogP contribution in [-0.4, -0.2) is 37.8 Å². The summed E-state index contributed by atoms with van der Waals surface area (Å²) in [6.45, 7) is 1.02. The van der Waals surface area contributed by atoms with E-state index in [9.17, 15) is 19.2 Å². The van der Waals surface area contributed by atoms with Gasteiger partial charge in [0.15, 0.2) is 0 Å². The van der Waals surface area contributed by atoms with E-state index in [-0.39, 0.29) is 6.54 Å². The second-order valence-electron chi connectivity index (χ2n) is 4.19. The van der Waals surface area contributed by atoms with Gasteiger partial charge in [0.05, 0.1) is 19.3 Å². The van der Waals surface area contributed by atoms with Crippen LogP contribution in [0.15, 0.2) is 30.3 Å². The van der Waals surface area contributed by atoms with Crippen LogP contribution in [0.3, 0.4) is 0 Å². The fraction of sp³-hybridized carbons (Fsp3) is 0.286. The summed E-state index contributed by atoms with van der Waals surface area (Å²) in [6.07, 6.45) is 1.51. The average Bonchev–Trinajstić information content (AvgIpc) is 2.56. The SMILES string of the molecule is COC(=O)C(C)C(=O)NN(C(=O)NC[C]=O)c1ccccc1. The van der Waals surface area contributed by atoms with Crippen molar-refractivity contribution in [2.24, 2.45) is 5.92 Å². The smallest absolute Gasteiger partial charge is 0.341 e. The zero-order chi connectivity index (χ0) is 16.5. The summed E-state index contributed by atoms with van der Waals surface area (Å²) in [5.74, 6) is -2.55. The maximum absolute atomic E-state index is 12.0. The lowest BCUT2D eigenvalue weighted by Crippen LogP contribution is -2.53. The lowest BCUT2D eigenvalue weighted by Gasteiger charge is -2.24. The number of para-hydroxylation sites is 1. The first kappa shape index (κ1) is 17.2. The molecule has 0 spiro atoms. The number of benzene rings is 1. The van der Waals surface area contributed by atoms with E-state index in [1.165, 1.54) is 13.2 Å². The van der Waals surface area contributed by atoms with Gasteiger partial charge in [0.1, 0.15) is 5.92 Å². The number of hydrazine groups is 1. The number of urea groups is 1. The molecule has 3 amide bonds. The van der Waals surface area contributed by atoms with Gasteiger partial charge >= 0.3 is 12.0 Å². The normalized spacial score (nSPS) is 11.0. The summed E-state index contributed by atoms with van der Waals surface area (Å²) in [5.41, 5.74) is 2.67. The molecule has 0 bridgehead atoms. The molecule has 8 nitrogen and oxygen atoms in total. The molecule has 1 aromatic rings. The summed E-state index contributed by atoms with van der Waals surface area (Å²) in [4.78, 5) is 45.6. The second-order valence-corrected chi connectivity index (χ2v) is 4.19. The quantitative estimate of drug-likeness (QED) is 0.458. The minimum Gasteiger partial charge on any atom is -0.468 e. The predicted octanol–water partition coefficient (Wildman–Crippen LogP) is 0.153. The highest BCUT2D eigenvalue weighted by Gasteiger charge is 2.26. The van der Waals surface area contributed by atoms with Gasteiger partial charge in [-0.3, -0.25) is 19.8 Å². The number of methoxy groups -OCH3 is 1. The van der Waals surface area contributed by atoms with Gasteiger partial charge in [0.25, 0.3) is 5.91 Å². The molecule has 0 aliphatic carbocycles. The van der Waals surface area contributed by atoms with Crippen molar-refractivity contribution in [3.8, 4) is 0 Å². The van der Waals surface area contributed by atoms with Crippen molar-refractivity contribution in [1.82, 2.24) is 10.7 Å². The van der Waals surface area contributed by atoms with Crippen LogP contribution in [-0.2, 0) is 19.1 Å². The van der Waals surface area contributed by atoms with Gasteiger partial charge < -0.3 is 10.1 Å². The van der Waals surface area contributed by atoms with Crippen molar-refractivity contribution < 1.29 is 23.9 Å². The van der Waals surface area contributed by atoms with E-state index in [1.54, 1.807) is 30.3 Å². The summed E-state index contributed by atoms with van der Waals surface area (Å²) >= 11 is 0. The molecule has 1 unspecified atom stereocenters. The first-order valence-electron chi connectivity index (χ1n) is 6.37. The third kappa shape index (κ3) is 4.58. The van der Waals surface area contributed by atoms with Gasteiger partial charge in [0, 0.05) is 0 Å². The van der Waals surface area contributed by atoms with Crippen LogP contribution in [0.1, 0.15) is 6.92 Å². The minimum absolute atomic E-state index is 0.329. The molecule has 8 heteroatoms. The Bertz CT molecular complexity index is 547. The molecule has 0 saturated carbocycles. The molecular weight excluding hydrogens is 290 g/mol. The lowest BCUT2D eigenvalue weighted by atomic mass is 10.2. The van der Waals surface area contributed by atoms with E-state index in [0.29, 0.717) is 5.69 Å². The molecule has 22 heavy (non-hydrogen) atoms. The second kappa shape index (κ2) is 8.40. The zero-order valence-electron chi connectivity index (χ0n) is 12.2. The van der Waals surface area contributed by atoms with E-state index < -0.39 is 23.8 Å². The van der Waals surface area contributed by atoms with E-state index in [4.69, 9.17) is 0 Å². The van der Waals surface area contributed by atoms with Crippen molar-refractivity contribution in [3.05, 3.63) is 30.3 Å². The van der Waals surface area contributed by atoms with Crippen molar-refractivity contribution in [2.45, 2.75) is 6.92 Å². The fourth-order valence-electron chi connectivity index (χ4n) is 1.49. The van der Waals surface area contributed by atoms with E-state index in [2.05, 4.69) is 15.5 Å². The lowest BCUT2D eigenvalue weighted by molar-refractivity contribution is -0.149. The molecule has 0 fully saturated rings. The first-order chi connectivity index (χ1) is 10.5. The van der Waals surface area contributed by atoms with Crippen molar-refractivity contribution in [3.63, 3.8) is 0 Å². The number of nitrogens with zero attached hydrogens (tertiary/aromatic N) is 1. The molecule has 0 saturated heterocycles. The number of esters is 1. The molecule has 1 radical (unpaired) electrons. The average molecular weight is 306 g/mol. The highest BCUT2D eigenvalue weighted by molar-refractivity contribution is 6.02. The highest BCUT2D eigenvalue weighted by atomic mass is 16.5. The Hall–Kier alpha value is -2.90. The standard InChI is InChI=1S/C14H16N3O5/c1-10(13(20)22-2)12(19)16-17(14(21)15-8-9-18)11-6-4-3-5-7-11/h3-7,10H,8H2,1-2H3,(H,15,21)(H,16,19). The molecule has 1 atom stereocenters. The molecule has 117 valence electrons. The van der Waals surface area contributed by atoms with Crippen LogP contribution in [0.25, 0.3) is 0 Å². The van der Waals surface area contributed by atoms with Gasteiger partial charge in [-0.25, -0.2) is 9.80 Å². The molecular formula is C14H16N3O5. The maximum atomic E-state index is 12.0. The number of hydrogen-bond acceptors (Lipinski definition) is 5. The molecule has 0 aliphatic heterocycles. The number of nitrogens with one attached hydrogen (secondary N) is 2. The van der Waals surface area contributed by atoms with Gasteiger partial charge in [-0.2, -0.15) is 0 Å². The summed E-state index contributed by atoms with van der Waals surface area (Å²) in [5, 5.41) is 3.15. The Morgan fingerprint density at radius 3 is 2.45 bits per heavy atom. The molecule has 0 aliphatic rings. The monoisotopic (exact) mass is 306 g/mol. The van der Waals surface area contributed by atoms with Crippen molar-refractivity contribution in [1.29, 1.82) is 0 Å². The Morgan fingerprint density at radius 2 is 1.91 bits per heavy atom. The van der Waals surface area contributed by atoms with Crippen LogP contribution in [0.4, 0.5) is 10.5 Å². The predicted molar refractivity (Wildman–Crippen MR) is 77.3 cm³/mol. The van der Waals surface area contributed by atoms with E-state index in [1.807, 2.05) is 0 Å². The third-order valence-electron chi connectivity index (χ3n) is 2.70. The molecule has 2 N–H and O–H groups in total. The van der Waals surface area contributed by atoms with E-state index in [0.717, 1.165) is 12.1 Å². The maximum Gasteiger partial charge on any atom is 0.341 e. The number of ether oxygens (including phenoxy) is 1. The van der Waals surface area contributed by atoms with Crippen LogP contribution in [0.2, 0.25) is 0 Å². The summed E-state index contributed by atoms with van der Waals surface area (Å²) in [6, 6.07) is 7.48. The van der Waals surface area contributed by atoms with Gasteiger partial charge in [-0.05, 0) is 19.1 Å². The summed E-state index contributed by atoms with van der Waals surface area (Å²) in [7, 11) is 1.16. The zero-order valence-corrected chi connectivity index (χ0v) is 12.2. The topological polar surface area (TPSA) is 105 Å². The molecule has 0 aromatic heterocycles. The van der Waals surface area contributed by atoms with Crippen LogP contribution >= 0.6 is 0 Å². The van der Waals surface area contributed by atoms with Crippen LogP contribution in [0, 0.1) is 5.92 Å². The van der Waals surface area contributed by atoms with E-state index >= 15 is 0 Å². The van der Waals surface area contributed by atoms with Crippen molar-refractivity contribution in [2.75, 3.05) is 18.7 Å². The Balaban J connectivity index is 2.91. The summed E-state index contributed by atoms with van der Waals surface area (Å²) < 4.78 is 4.48. The van der Waals surface area contributed by atoms with Gasteiger partial charge in [0.2, 0.25) is 6.29 Å². The Kier molecular flexibility index (Phi) is 6.55.